The van der Waals surface area contributed by atoms with Crippen LogP contribution in [0.3, 0.4) is 0 Å². The van der Waals surface area contributed by atoms with E-state index in [0.717, 1.165) is 36.3 Å². The average Bonchev–Trinajstić information content (AvgIpc) is 3.19. The highest BCUT2D eigenvalue weighted by atomic mass is 16.6. The summed E-state index contributed by atoms with van der Waals surface area (Å²) in [6.07, 6.45) is 0.347. The maximum Gasteiger partial charge on any atom is 0.410 e. The second-order valence-corrected chi connectivity index (χ2v) is 11.2. The van der Waals surface area contributed by atoms with E-state index in [1.807, 2.05) is 39.0 Å². The average molecular weight is 519 g/mol. The van der Waals surface area contributed by atoms with Gasteiger partial charge in [-0.25, -0.2) is 4.79 Å². The van der Waals surface area contributed by atoms with Crippen LogP contribution in [-0.2, 0) is 27.4 Å². The molecule has 2 aromatic rings. The molecule has 5 rings (SSSR count). The lowest BCUT2D eigenvalue weighted by molar-refractivity contribution is -0.136. The van der Waals surface area contributed by atoms with E-state index in [9.17, 15) is 19.2 Å². The molecule has 2 fully saturated rings. The Balaban J connectivity index is 1.19. The molecule has 0 aromatic heterocycles. The largest absolute Gasteiger partial charge is 0.444 e. The maximum atomic E-state index is 13.0. The second kappa shape index (κ2) is 10.2. The summed E-state index contributed by atoms with van der Waals surface area (Å²) in [5, 5.41) is 2.34. The molecule has 0 bridgehead atoms. The number of benzene rings is 2. The molecule has 4 amide bonds. The third-order valence-corrected chi connectivity index (χ3v) is 7.24. The lowest BCUT2D eigenvalue weighted by Gasteiger charge is -2.35. The van der Waals surface area contributed by atoms with Crippen molar-refractivity contribution in [1.29, 1.82) is 0 Å². The second-order valence-electron chi connectivity index (χ2n) is 11.2. The molecule has 0 radical (unpaired) electrons. The van der Waals surface area contributed by atoms with Gasteiger partial charge in [0.25, 0.3) is 5.91 Å². The zero-order chi connectivity index (χ0) is 27.0. The van der Waals surface area contributed by atoms with E-state index in [0.29, 0.717) is 31.6 Å². The Bertz CT molecular complexity index is 1260. The van der Waals surface area contributed by atoms with Gasteiger partial charge in [0, 0.05) is 51.3 Å². The predicted octanol–water partition coefficient (Wildman–Crippen LogP) is 3.17. The van der Waals surface area contributed by atoms with Crippen LogP contribution in [-0.4, -0.2) is 76.3 Å². The van der Waals surface area contributed by atoms with Crippen molar-refractivity contribution >= 4 is 23.8 Å². The highest BCUT2D eigenvalue weighted by Gasteiger charge is 2.39. The Labute approximate surface area is 222 Å². The quantitative estimate of drug-likeness (QED) is 0.625. The topological polar surface area (TPSA) is 99.3 Å². The standard InChI is InChI=1S/C29H34N4O5/c1-29(2,3)38-28(37)32-14-12-31(13-15-32)17-19-4-6-20(7-5-19)21-8-9-23-22(16-21)18-33(27(23)36)24-10-11-25(34)30-26(24)35/h4-9,16,24H,10-15,17-18H2,1-3H3,(H,30,34,35). The van der Waals surface area contributed by atoms with Gasteiger partial charge in [-0.15, -0.1) is 0 Å². The molecule has 9 heteroatoms. The fraction of sp³-hybridized carbons (Fsp3) is 0.448. The summed E-state index contributed by atoms with van der Waals surface area (Å²) >= 11 is 0. The number of imide groups is 1. The maximum absolute atomic E-state index is 13.0. The molecule has 1 atom stereocenters. The lowest BCUT2D eigenvalue weighted by Crippen LogP contribution is -2.52. The van der Waals surface area contributed by atoms with Gasteiger partial charge in [-0.3, -0.25) is 24.6 Å². The fourth-order valence-corrected chi connectivity index (χ4v) is 5.23. The molecule has 2 saturated heterocycles. The van der Waals surface area contributed by atoms with Gasteiger partial charge in [-0.05, 0) is 61.6 Å². The molecule has 1 unspecified atom stereocenters. The lowest BCUT2D eigenvalue weighted by atomic mass is 9.99. The van der Waals surface area contributed by atoms with Crippen LogP contribution in [0.25, 0.3) is 11.1 Å². The first-order valence-corrected chi connectivity index (χ1v) is 13.1. The minimum atomic E-state index is -0.610. The third kappa shape index (κ3) is 5.57. The molecule has 0 aliphatic carbocycles. The van der Waals surface area contributed by atoms with E-state index in [2.05, 4.69) is 34.5 Å². The number of carbonyl (C=O) groups excluding carboxylic acids is 4. The minimum absolute atomic E-state index is 0.164. The molecule has 3 aliphatic rings. The number of nitrogens with zero attached hydrogens (tertiary/aromatic N) is 3. The Morgan fingerprint density at radius 2 is 1.66 bits per heavy atom. The normalized spacial score (nSPS) is 20.4. The fourth-order valence-electron chi connectivity index (χ4n) is 5.23. The highest BCUT2D eigenvalue weighted by molar-refractivity contribution is 6.05. The summed E-state index contributed by atoms with van der Waals surface area (Å²) in [5.74, 6) is -0.850. The van der Waals surface area contributed by atoms with Crippen molar-refractivity contribution in [1.82, 2.24) is 20.0 Å². The van der Waals surface area contributed by atoms with Gasteiger partial charge in [0.15, 0.2) is 0 Å². The van der Waals surface area contributed by atoms with Gasteiger partial charge < -0.3 is 14.5 Å². The van der Waals surface area contributed by atoms with E-state index in [1.165, 1.54) is 5.56 Å². The predicted molar refractivity (Wildman–Crippen MR) is 141 cm³/mol. The Morgan fingerprint density at radius 3 is 2.32 bits per heavy atom. The highest BCUT2D eigenvalue weighted by Crippen LogP contribution is 2.31. The molecule has 0 saturated carbocycles. The van der Waals surface area contributed by atoms with Crippen LogP contribution in [0.2, 0.25) is 0 Å². The van der Waals surface area contributed by atoms with Crippen molar-refractivity contribution in [3.8, 4) is 11.1 Å². The SMILES string of the molecule is CC(C)(C)OC(=O)N1CCN(Cc2ccc(-c3ccc4c(c3)CN(C3CCC(=O)NC3=O)C4=O)cc2)CC1. The number of rotatable bonds is 4. The monoisotopic (exact) mass is 518 g/mol. The van der Waals surface area contributed by atoms with Crippen molar-refractivity contribution in [3.05, 3.63) is 59.2 Å². The summed E-state index contributed by atoms with van der Waals surface area (Å²) in [5.41, 5.74) is 4.28. The van der Waals surface area contributed by atoms with Crippen LogP contribution < -0.4 is 5.32 Å². The number of carbonyl (C=O) groups is 4. The molecule has 200 valence electrons. The number of ether oxygens (including phenoxy) is 1. The molecule has 38 heavy (non-hydrogen) atoms. The van der Waals surface area contributed by atoms with Crippen LogP contribution in [0.4, 0.5) is 4.79 Å². The van der Waals surface area contributed by atoms with Crippen LogP contribution in [0.15, 0.2) is 42.5 Å². The molecular weight excluding hydrogens is 484 g/mol. The first-order chi connectivity index (χ1) is 18.1. The Hall–Kier alpha value is -3.72. The Morgan fingerprint density at radius 1 is 0.974 bits per heavy atom. The van der Waals surface area contributed by atoms with Crippen LogP contribution in [0, 0.1) is 0 Å². The van der Waals surface area contributed by atoms with Crippen LogP contribution in [0.1, 0.15) is 55.1 Å². The van der Waals surface area contributed by atoms with Gasteiger partial charge in [-0.2, -0.15) is 0 Å². The number of piperidine rings is 1. The number of piperazine rings is 1. The van der Waals surface area contributed by atoms with Crippen molar-refractivity contribution < 1.29 is 23.9 Å². The molecule has 1 N–H and O–H groups in total. The smallest absolute Gasteiger partial charge is 0.410 e. The van der Waals surface area contributed by atoms with Crippen molar-refractivity contribution in [2.24, 2.45) is 0 Å². The minimum Gasteiger partial charge on any atom is -0.444 e. The summed E-state index contributed by atoms with van der Waals surface area (Å²) in [4.78, 5) is 54.7. The number of nitrogens with one attached hydrogen (secondary N) is 1. The molecule has 3 aliphatic heterocycles. The number of hydrogen-bond acceptors (Lipinski definition) is 6. The number of hydrogen-bond donors (Lipinski definition) is 1. The van der Waals surface area contributed by atoms with Gasteiger partial charge in [0.2, 0.25) is 11.8 Å². The Kier molecular flexibility index (Phi) is 6.96. The van der Waals surface area contributed by atoms with E-state index in [-0.39, 0.29) is 24.3 Å². The molecular formula is C29H34N4O5. The number of amides is 4. The van der Waals surface area contributed by atoms with E-state index >= 15 is 0 Å². The van der Waals surface area contributed by atoms with Gasteiger partial charge in [0.1, 0.15) is 11.6 Å². The van der Waals surface area contributed by atoms with Crippen molar-refractivity contribution in [2.45, 2.75) is 58.3 Å². The molecule has 3 heterocycles. The van der Waals surface area contributed by atoms with E-state index in [4.69, 9.17) is 4.74 Å². The molecule has 9 nitrogen and oxygen atoms in total. The summed E-state index contributed by atoms with van der Waals surface area (Å²) < 4.78 is 5.48. The summed E-state index contributed by atoms with van der Waals surface area (Å²) in [6, 6.07) is 13.6. The van der Waals surface area contributed by atoms with Crippen LogP contribution >= 0.6 is 0 Å². The summed E-state index contributed by atoms with van der Waals surface area (Å²) in [6.45, 7) is 9.69. The first kappa shape index (κ1) is 25.9. The number of fused-ring (bicyclic) bond motifs is 1. The summed E-state index contributed by atoms with van der Waals surface area (Å²) in [7, 11) is 0. The third-order valence-electron chi connectivity index (χ3n) is 7.24. The first-order valence-electron chi connectivity index (χ1n) is 13.1. The zero-order valence-electron chi connectivity index (χ0n) is 22.2. The van der Waals surface area contributed by atoms with Crippen LogP contribution in [0.5, 0.6) is 0 Å². The molecule has 0 spiro atoms. The van der Waals surface area contributed by atoms with Crippen molar-refractivity contribution in [2.75, 3.05) is 26.2 Å². The van der Waals surface area contributed by atoms with Gasteiger partial charge >= 0.3 is 6.09 Å². The van der Waals surface area contributed by atoms with Crippen molar-refractivity contribution in [3.63, 3.8) is 0 Å². The molecule has 2 aromatic carbocycles. The van der Waals surface area contributed by atoms with Gasteiger partial charge in [-0.1, -0.05) is 30.3 Å². The zero-order valence-corrected chi connectivity index (χ0v) is 22.2. The van der Waals surface area contributed by atoms with E-state index in [1.54, 1.807) is 9.80 Å². The van der Waals surface area contributed by atoms with E-state index < -0.39 is 17.6 Å². The van der Waals surface area contributed by atoms with Gasteiger partial charge in [0.05, 0.1) is 0 Å².